The number of nitro benzene ring substituents is 1. The molecule has 10 heteroatoms. The number of amides is 3. The normalized spacial score (nSPS) is 10.2. The number of hydrogen-bond donors (Lipinski definition) is 3. The zero-order valence-corrected chi connectivity index (χ0v) is 16.2. The summed E-state index contributed by atoms with van der Waals surface area (Å²) in [6.07, 6.45) is 1.40. The van der Waals surface area contributed by atoms with Gasteiger partial charge in [0.25, 0.3) is 23.4 Å². The summed E-state index contributed by atoms with van der Waals surface area (Å²) in [5, 5.41) is 18.7. The number of carbonyl (C=O) groups is 3. The SMILES string of the molecule is O=C(NCCNC(=O)c1ccco1)c1ccc(NC(=O)c2cccc([N+](=O)[O-])c2)cc1. The predicted molar refractivity (Wildman–Crippen MR) is 111 cm³/mol. The zero-order valence-electron chi connectivity index (χ0n) is 16.2. The van der Waals surface area contributed by atoms with E-state index in [4.69, 9.17) is 4.42 Å². The molecule has 0 saturated carbocycles. The maximum Gasteiger partial charge on any atom is 0.287 e. The summed E-state index contributed by atoms with van der Waals surface area (Å²) in [4.78, 5) is 46.4. The fourth-order valence-electron chi connectivity index (χ4n) is 2.62. The summed E-state index contributed by atoms with van der Waals surface area (Å²) >= 11 is 0. The molecule has 2 aromatic carbocycles. The second kappa shape index (κ2) is 9.83. The largest absolute Gasteiger partial charge is 0.459 e. The Balaban J connectivity index is 1.48. The number of nitrogens with zero attached hydrogens (tertiary/aromatic N) is 1. The minimum absolute atomic E-state index is 0.146. The van der Waals surface area contributed by atoms with Crippen molar-refractivity contribution in [3.8, 4) is 0 Å². The predicted octanol–water partition coefficient (Wildman–Crippen LogP) is 2.60. The molecular weight excluding hydrogens is 404 g/mol. The van der Waals surface area contributed by atoms with Crippen molar-refractivity contribution in [3.63, 3.8) is 0 Å². The Kier molecular flexibility index (Phi) is 6.74. The smallest absolute Gasteiger partial charge is 0.287 e. The van der Waals surface area contributed by atoms with Gasteiger partial charge in [-0.2, -0.15) is 0 Å². The van der Waals surface area contributed by atoms with E-state index in [9.17, 15) is 24.5 Å². The van der Waals surface area contributed by atoms with Gasteiger partial charge in [-0.3, -0.25) is 24.5 Å². The van der Waals surface area contributed by atoms with Crippen molar-refractivity contribution in [2.24, 2.45) is 0 Å². The molecule has 0 radical (unpaired) electrons. The van der Waals surface area contributed by atoms with Crippen molar-refractivity contribution in [3.05, 3.63) is 93.9 Å². The molecule has 3 amide bonds. The molecule has 0 atom stereocenters. The monoisotopic (exact) mass is 422 g/mol. The Morgan fingerprint density at radius 1 is 0.839 bits per heavy atom. The minimum atomic E-state index is -0.577. The van der Waals surface area contributed by atoms with Gasteiger partial charge in [-0.1, -0.05) is 6.07 Å². The van der Waals surface area contributed by atoms with Crippen molar-refractivity contribution in [2.75, 3.05) is 18.4 Å². The molecule has 0 saturated heterocycles. The van der Waals surface area contributed by atoms with Crippen molar-refractivity contribution in [2.45, 2.75) is 0 Å². The fourth-order valence-corrected chi connectivity index (χ4v) is 2.62. The van der Waals surface area contributed by atoms with Gasteiger partial charge >= 0.3 is 0 Å². The molecule has 0 unspecified atom stereocenters. The van der Waals surface area contributed by atoms with Gasteiger partial charge in [0.05, 0.1) is 11.2 Å². The van der Waals surface area contributed by atoms with Crippen molar-refractivity contribution < 1.29 is 23.7 Å². The fraction of sp³-hybridized carbons (Fsp3) is 0.0952. The lowest BCUT2D eigenvalue weighted by Gasteiger charge is -2.08. The highest BCUT2D eigenvalue weighted by Crippen LogP contribution is 2.16. The van der Waals surface area contributed by atoms with Crippen LogP contribution < -0.4 is 16.0 Å². The van der Waals surface area contributed by atoms with Gasteiger partial charge in [-0.25, -0.2) is 0 Å². The van der Waals surface area contributed by atoms with Crippen LogP contribution in [0.25, 0.3) is 0 Å². The highest BCUT2D eigenvalue weighted by Gasteiger charge is 2.12. The Morgan fingerprint density at radius 3 is 2.19 bits per heavy atom. The highest BCUT2D eigenvalue weighted by atomic mass is 16.6. The van der Waals surface area contributed by atoms with Crippen molar-refractivity contribution in [1.29, 1.82) is 0 Å². The van der Waals surface area contributed by atoms with E-state index in [1.807, 2.05) is 0 Å². The molecule has 3 N–H and O–H groups in total. The van der Waals surface area contributed by atoms with Crippen LogP contribution in [-0.4, -0.2) is 35.7 Å². The molecule has 158 valence electrons. The maximum absolute atomic E-state index is 12.3. The summed E-state index contributed by atoms with van der Waals surface area (Å²) in [6.45, 7) is 0.444. The minimum Gasteiger partial charge on any atom is -0.459 e. The van der Waals surface area contributed by atoms with E-state index in [0.717, 1.165) is 0 Å². The van der Waals surface area contributed by atoms with Crippen LogP contribution in [0.1, 0.15) is 31.3 Å². The van der Waals surface area contributed by atoms with Gasteiger partial charge in [-0.15, -0.1) is 0 Å². The first-order valence-electron chi connectivity index (χ1n) is 9.20. The van der Waals surface area contributed by atoms with Gasteiger partial charge in [0.1, 0.15) is 0 Å². The number of carbonyl (C=O) groups excluding carboxylic acids is 3. The maximum atomic E-state index is 12.3. The lowest BCUT2D eigenvalue weighted by atomic mass is 10.1. The van der Waals surface area contributed by atoms with Crippen LogP contribution in [0.5, 0.6) is 0 Å². The molecule has 0 bridgehead atoms. The summed E-state index contributed by atoms with van der Waals surface area (Å²) in [5.74, 6) is -1.03. The number of benzene rings is 2. The average molecular weight is 422 g/mol. The van der Waals surface area contributed by atoms with E-state index < -0.39 is 10.8 Å². The second-order valence-electron chi connectivity index (χ2n) is 6.33. The third-order valence-corrected chi connectivity index (χ3v) is 4.17. The van der Waals surface area contributed by atoms with E-state index in [2.05, 4.69) is 16.0 Å². The average Bonchev–Trinajstić information content (AvgIpc) is 3.32. The van der Waals surface area contributed by atoms with Crippen LogP contribution in [0.2, 0.25) is 0 Å². The van der Waals surface area contributed by atoms with Crippen LogP contribution in [0.15, 0.2) is 71.3 Å². The van der Waals surface area contributed by atoms with E-state index >= 15 is 0 Å². The molecule has 1 aromatic heterocycles. The standard InChI is InChI=1S/C21H18N4O6/c26-19(22-10-11-23-21(28)18-5-2-12-31-18)14-6-8-16(9-7-14)24-20(27)15-3-1-4-17(13-15)25(29)30/h1-9,12-13H,10-11H2,(H,22,26)(H,23,28)(H,24,27). The van der Waals surface area contributed by atoms with Crippen LogP contribution in [0, 0.1) is 10.1 Å². The molecule has 1 heterocycles. The van der Waals surface area contributed by atoms with E-state index in [1.165, 1.54) is 48.7 Å². The number of rotatable bonds is 8. The van der Waals surface area contributed by atoms with Gasteiger partial charge in [0.15, 0.2) is 5.76 Å². The zero-order chi connectivity index (χ0) is 22.2. The van der Waals surface area contributed by atoms with Gasteiger partial charge in [0, 0.05) is 42.0 Å². The topological polar surface area (TPSA) is 144 Å². The van der Waals surface area contributed by atoms with Gasteiger partial charge in [0.2, 0.25) is 0 Å². The Morgan fingerprint density at radius 2 is 1.55 bits per heavy atom. The first-order valence-corrected chi connectivity index (χ1v) is 9.20. The summed E-state index contributed by atoms with van der Waals surface area (Å²) in [6, 6.07) is 14.7. The molecule has 0 aliphatic carbocycles. The van der Waals surface area contributed by atoms with E-state index in [-0.39, 0.29) is 41.9 Å². The number of anilines is 1. The second-order valence-corrected chi connectivity index (χ2v) is 6.33. The first-order chi connectivity index (χ1) is 14.9. The Labute approximate surface area is 176 Å². The van der Waals surface area contributed by atoms with Gasteiger partial charge < -0.3 is 20.4 Å². The Hall–Kier alpha value is -4.47. The molecule has 0 aliphatic rings. The number of non-ortho nitro benzene ring substituents is 1. The third kappa shape index (κ3) is 5.76. The van der Waals surface area contributed by atoms with Crippen LogP contribution in [0.4, 0.5) is 11.4 Å². The molecule has 31 heavy (non-hydrogen) atoms. The van der Waals surface area contributed by atoms with Crippen molar-refractivity contribution in [1.82, 2.24) is 10.6 Å². The van der Waals surface area contributed by atoms with Crippen LogP contribution >= 0.6 is 0 Å². The number of nitro groups is 1. The van der Waals surface area contributed by atoms with E-state index in [0.29, 0.717) is 11.3 Å². The summed E-state index contributed by atoms with van der Waals surface area (Å²) in [5.41, 5.74) is 0.761. The number of furan rings is 1. The molecule has 10 nitrogen and oxygen atoms in total. The number of hydrogen-bond acceptors (Lipinski definition) is 6. The molecule has 3 rings (SSSR count). The van der Waals surface area contributed by atoms with E-state index in [1.54, 1.807) is 18.2 Å². The summed E-state index contributed by atoms with van der Waals surface area (Å²) in [7, 11) is 0. The van der Waals surface area contributed by atoms with Gasteiger partial charge in [-0.05, 0) is 42.5 Å². The molecular formula is C21H18N4O6. The molecule has 3 aromatic rings. The lowest BCUT2D eigenvalue weighted by molar-refractivity contribution is -0.384. The Bertz CT molecular complexity index is 1090. The third-order valence-electron chi connectivity index (χ3n) is 4.17. The summed E-state index contributed by atoms with van der Waals surface area (Å²) < 4.78 is 4.97. The number of nitrogens with one attached hydrogen (secondary N) is 3. The first kappa shape index (κ1) is 21.2. The molecule has 0 aliphatic heterocycles. The molecule has 0 fully saturated rings. The quantitative estimate of drug-likeness (QED) is 0.289. The molecule has 0 spiro atoms. The lowest BCUT2D eigenvalue weighted by Crippen LogP contribution is -2.34. The van der Waals surface area contributed by atoms with Crippen LogP contribution in [-0.2, 0) is 0 Å². The highest BCUT2D eigenvalue weighted by molar-refractivity contribution is 6.05. The van der Waals surface area contributed by atoms with Crippen molar-refractivity contribution >= 4 is 29.1 Å². The van der Waals surface area contributed by atoms with Crippen LogP contribution in [0.3, 0.4) is 0 Å².